The van der Waals surface area contributed by atoms with Crippen molar-refractivity contribution in [3.8, 4) is 5.75 Å². The first kappa shape index (κ1) is 22.1. The van der Waals surface area contributed by atoms with Crippen molar-refractivity contribution in [2.45, 2.75) is 19.1 Å². The summed E-state index contributed by atoms with van der Waals surface area (Å²) in [6.45, 7) is 4.52. The summed E-state index contributed by atoms with van der Waals surface area (Å²) in [5, 5.41) is 5.46. The summed E-state index contributed by atoms with van der Waals surface area (Å²) in [6.07, 6.45) is 0.604. The molecule has 168 valence electrons. The normalized spacial score (nSPS) is 17.6. The highest BCUT2D eigenvalue weighted by atomic mass is 16.5. The van der Waals surface area contributed by atoms with E-state index in [2.05, 4.69) is 17.2 Å². The Morgan fingerprint density at radius 3 is 2.24 bits per heavy atom. The molecule has 0 radical (unpaired) electrons. The van der Waals surface area contributed by atoms with Crippen LogP contribution in [0, 0.1) is 5.92 Å². The van der Waals surface area contributed by atoms with Crippen LogP contribution in [0.1, 0.15) is 22.7 Å². The molecular weight excluding hydrogens is 416 g/mol. The minimum Gasteiger partial charge on any atom is -0.489 e. The molecule has 6 nitrogen and oxygen atoms in total. The third-order valence-corrected chi connectivity index (χ3v) is 5.49. The highest BCUT2D eigenvalue weighted by Crippen LogP contribution is 2.35. The topological polar surface area (TPSA) is 76.7 Å². The van der Waals surface area contributed by atoms with Gasteiger partial charge in [0, 0.05) is 17.7 Å². The molecule has 0 saturated carbocycles. The van der Waals surface area contributed by atoms with Crippen LogP contribution in [0.25, 0.3) is 0 Å². The van der Waals surface area contributed by atoms with Gasteiger partial charge in [0.25, 0.3) is 0 Å². The Morgan fingerprint density at radius 1 is 0.879 bits per heavy atom. The summed E-state index contributed by atoms with van der Waals surface area (Å²) in [7, 11) is 0. The number of esters is 1. The van der Waals surface area contributed by atoms with Crippen LogP contribution in [0.2, 0.25) is 0 Å². The van der Waals surface area contributed by atoms with Crippen LogP contribution in [0.4, 0.5) is 4.79 Å². The van der Waals surface area contributed by atoms with Crippen LogP contribution in [0.15, 0.2) is 97.2 Å². The van der Waals surface area contributed by atoms with Crippen molar-refractivity contribution in [1.82, 2.24) is 10.6 Å². The number of hydrogen-bond donors (Lipinski definition) is 2. The monoisotopic (exact) mass is 442 g/mol. The number of amides is 2. The van der Waals surface area contributed by atoms with E-state index in [1.54, 1.807) is 0 Å². The Balaban J connectivity index is 1.51. The number of para-hydroxylation sites is 1. The third kappa shape index (κ3) is 5.60. The number of nitrogens with one attached hydrogen (secondary N) is 2. The van der Waals surface area contributed by atoms with Crippen LogP contribution < -0.4 is 15.4 Å². The zero-order valence-electron chi connectivity index (χ0n) is 18.2. The third-order valence-electron chi connectivity index (χ3n) is 5.49. The van der Waals surface area contributed by atoms with E-state index in [-0.39, 0.29) is 6.61 Å². The lowest BCUT2D eigenvalue weighted by molar-refractivity contribution is -0.148. The molecule has 0 aliphatic carbocycles. The molecule has 2 amide bonds. The van der Waals surface area contributed by atoms with Crippen LogP contribution in [0.5, 0.6) is 5.75 Å². The second-order valence-electron chi connectivity index (χ2n) is 7.79. The van der Waals surface area contributed by atoms with E-state index in [9.17, 15) is 9.59 Å². The molecule has 4 rings (SSSR count). The highest BCUT2D eigenvalue weighted by molar-refractivity contribution is 5.85. The number of benzene rings is 3. The summed E-state index contributed by atoms with van der Waals surface area (Å²) in [6, 6.07) is 25.9. The van der Waals surface area contributed by atoms with Crippen molar-refractivity contribution in [2.24, 2.45) is 5.92 Å². The Kier molecular flexibility index (Phi) is 7.05. The van der Waals surface area contributed by atoms with E-state index in [1.165, 1.54) is 0 Å². The van der Waals surface area contributed by atoms with Crippen molar-refractivity contribution < 1.29 is 19.1 Å². The molecule has 0 aromatic heterocycles. The van der Waals surface area contributed by atoms with Gasteiger partial charge < -0.3 is 20.1 Å². The molecule has 0 spiro atoms. The lowest BCUT2D eigenvalue weighted by Crippen LogP contribution is -2.51. The van der Waals surface area contributed by atoms with Crippen LogP contribution in [-0.2, 0) is 22.6 Å². The predicted molar refractivity (Wildman–Crippen MR) is 125 cm³/mol. The summed E-state index contributed by atoms with van der Waals surface area (Å²) >= 11 is 0. The van der Waals surface area contributed by atoms with Gasteiger partial charge in [0.1, 0.15) is 18.3 Å². The zero-order chi connectivity index (χ0) is 23.0. The molecule has 33 heavy (non-hydrogen) atoms. The molecule has 0 bridgehead atoms. The fourth-order valence-electron chi connectivity index (χ4n) is 3.83. The molecule has 1 aliphatic heterocycles. The fraction of sp³-hybridized carbons (Fsp3) is 0.185. The SMILES string of the molecule is C=C1NC(=O)NC(c2ccccc2OCc2ccccc2)C1C(=O)OCCc1ccccc1. The van der Waals surface area contributed by atoms with Gasteiger partial charge in [-0.05, 0) is 17.2 Å². The van der Waals surface area contributed by atoms with Gasteiger partial charge in [-0.15, -0.1) is 0 Å². The van der Waals surface area contributed by atoms with E-state index < -0.39 is 24.0 Å². The average molecular weight is 443 g/mol. The molecule has 3 aromatic carbocycles. The Morgan fingerprint density at radius 2 is 1.52 bits per heavy atom. The Bertz CT molecular complexity index is 1120. The standard InChI is InChI=1S/C27H26N2O4/c1-19-24(26(30)32-17-16-20-10-4-2-5-11-20)25(29-27(31)28-19)22-14-8-9-15-23(22)33-18-21-12-6-3-7-13-21/h2-15,24-25H,1,16-18H2,(H2,28,29,31). The van der Waals surface area contributed by atoms with E-state index in [0.29, 0.717) is 30.0 Å². The van der Waals surface area contributed by atoms with E-state index in [4.69, 9.17) is 9.47 Å². The van der Waals surface area contributed by atoms with Crippen LogP contribution in [-0.4, -0.2) is 18.6 Å². The first-order valence-corrected chi connectivity index (χ1v) is 10.8. The lowest BCUT2D eigenvalue weighted by atomic mass is 9.88. The maximum absolute atomic E-state index is 13.1. The van der Waals surface area contributed by atoms with Gasteiger partial charge in [-0.3, -0.25) is 4.79 Å². The fourth-order valence-corrected chi connectivity index (χ4v) is 3.83. The van der Waals surface area contributed by atoms with Gasteiger partial charge in [0.15, 0.2) is 0 Å². The van der Waals surface area contributed by atoms with E-state index >= 15 is 0 Å². The summed E-state index contributed by atoms with van der Waals surface area (Å²) < 4.78 is 11.6. The van der Waals surface area contributed by atoms with Gasteiger partial charge in [-0.1, -0.05) is 85.4 Å². The van der Waals surface area contributed by atoms with Gasteiger partial charge in [-0.25, -0.2) is 4.79 Å². The molecule has 2 N–H and O–H groups in total. The van der Waals surface area contributed by atoms with Gasteiger partial charge in [0.2, 0.25) is 0 Å². The van der Waals surface area contributed by atoms with Crippen molar-refractivity contribution in [3.63, 3.8) is 0 Å². The molecular formula is C27H26N2O4. The van der Waals surface area contributed by atoms with Crippen LogP contribution >= 0.6 is 0 Å². The summed E-state index contributed by atoms with van der Waals surface area (Å²) in [5.41, 5.74) is 3.08. The van der Waals surface area contributed by atoms with Crippen molar-refractivity contribution >= 4 is 12.0 Å². The Hall–Kier alpha value is -4.06. The highest BCUT2D eigenvalue weighted by Gasteiger charge is 2.40. The number of hydrogen-bond acceptors (Lipinski definition) is 4. The second kappa shape index (κ2) is 10.5. The number of urea groups is 1. The number of ether oxygens (including phenoxy) is 2. The van der Waals surface area contributed by atoms with Gasteiger partial charge in [0.05, 0.1) is 12.6 Å². The first-order valence-electron chi connectivity index (χ1n) is 10.8. The maximum Gasteiger partial charge on any atom is 0.319 e. The number of rotatable bonds is 8. The minimum atomic E-state index is -0.792. The van der Waals surface area contributed by atoms with Crippen molar-refractivity contribution in [2.75, 3.05) is 6.61 Å². The van der Waals surface area contributed by atoms with Crippen molar-refractivity contribution in [3.05, 3.63) is 114 Å². The second-order valence-corrected chi connectivity index (χ2v) is 7.79. The predicted octanol–water partition coefficient (Wildman–Crippen LogP) is 4.54. The number of carbonyl (C=O) groups excluding carboxylic acids is 2. The molecule has 6 heteroatoms. The molecule has 1 saturated heterocycles. The minimum absolute atomic E-state index is 0.236. The quantitative estimate of drug-likeness (QED) is 0.503. The summed E-state index contributed by atoms with van der Waals surface area (Å²) in [4.78, 5) is 25.3. The van der Waals surface area contributed by atoms with E-state index in [1.807, 2.05) is 84.9 Å². The zero-order valence-corrected chi connectivity index (χ0v) is 18.2. The molecule has 1 heterocycles. The van der Waals surface area contributed by atoms with Gasteiger partial charge >= 0.3 is 12.0 Å². The molecule has 2 unspecified atom stereocenters. The van der Waals surface area contributed by atoms with E-state index in [0.717, 1.165) is 11.1 Å². The lowest BCUT2D eigenvalue weighted by Gasteiger charge is -2.34. The maximum atomic E-state index is 13.1. The van der Waals surface area contributed by atoms with Gasteiger partial charge in [-0.2, -0.15) is 0 Å². The molecule has 1 fully saturated rings. The molecule has 2 atom stereocenters. The molecule has 3 aromatic rings. The molecule has 1 aliphatic rings. The summed E-state index contributed by atoms with van der Waals surface area (Å²) in [5.74, 6) is -0.658. The largest absolute Gasteiger partial charge is 0.489 e. The van der Waals surface area contributed by atoms with Crippen LogP contribution in [0.3, 0.4) is 0 Å². The Labute approximate surface area is 193 Å². The number of carbonyl (C=O) groups is 2. The first-order chi connectivity index (χ1) is 16.1. The van der Waals surface area contributed by atoms with Crippen molar-refractivity contribution in [1.29, 1.82) is 0 Å². The average Bonchev–Trinajstić information content (AvgIpc) is 2.83. The smallest absolute Gasteiger partial charge is 0.319 e.